The van der Waals surface area contributed by atoms with Crippen LogP contribution in [0.2, 0.25) is 0 Å². The zero-order valence-corrected chi connectivity index (χ0v) is 13.5. The van der Waals surface area contributed by atoms with E-state index in [1.165, 1.54) is 0 Å². The maximum absolute atomic E-state index is 12.0. The fourth-order valence-electron chi connectivity index (χ4n) is 2.98. The highest BCUT2D eigenvalue weighted by molar-refractivity contribution is 5.82. The van der Waals surface area contributed by atoms with E-state index in [4.69, 9.17) is 4.74 Å². The normalized spacial score (nSPS) is 26.0. The summed E-state index contributed by atoms with van der Waals surface area (Å²) in [6.45, 7) is 13.0. The van der Waals surface area contributed by atoms with Crippen molar-refractivity contribution in [2.45, 2.75) is 66.5 Å². The van der Waals surface area contributed by atoms with E-state index in [9.17, 15) is 14.7 Å². The first-order valence-corrected chi connectivity index (χ1v) is 7.06. The number of amides is 1. The number of nitrogens with one attached hydrogen (secondary N) is 1. The minimum Gasteiger partial charge on any atom is -0.481 e. The minimum absolute atomic E-state index is 0.0143. The molecule has 20 heavy (non-hydrogen) atoms. The Balaban J connectivity index is 2.92. The Labute approximate surface area is 121 Å². The second kappa shape index (κ2) is 4.93. The topological polar surface area (TPSA) is 75.6 Å². The van der Waals surface area contributed by atoms with Crippen LogP contribution >= 0.6 is 0 Å². The maximum atomic E-state index is 12.0. The molecule has 1 saturated carbocycles. The van der Waals surface area contributed by atoms with Crippen LogP contribution in [0.3, 0.4) is 0 Å². The largest absolute Gasteiger partial charge is 0.481 e. The first kappa shape index (κ1) is 16.8. The lowest BCUT2D eigenvalue weighted by atomic mass is 9.82. The number of hydrogen-bond acceptors (Lipinski definition) is 3. The molecule has 0 aliphatic heterocycles. The summed E-state index contributed by atoms with van der Waals surface area (Å²) in [5.41, 5.74) is -1.82. The maximum Gasteiger partial charge on any atom is 0.407 e. The zero-order chi connectivity index (χ0) is 15.9. The van der Waals surface area contributed by atoms with Gasteiger partial charge in [-0.25, -0.2) is 4.79 Å². The summed E-state index contributed by atoms with van der Waals surface area (Å²) in [6.07, 6.45) is 0.00747. The van der Waals surface area contributed by atoms with Crippen molar-refractivity contribution in [3.8, 4) is 0 Å². The van der Waals surface area contributed by atoms with E-state index in [1.807, 2.05) is 27.7 Å². The monoisotopic (exact) mass is 285 g/mol. The number of carbonyl (C=O) groups excluding carboxylic acids is 1. The van der Waals surface area contributed by atoms with E-state index in [0.717, 1.165) is 0 Å². The van der Waals surface area contributed by atoms with E-state index in [0.29, 0.717) is 6.42 Å². The second-order valence-electron chi connectivity index (χ2n) is 7.71. The molecule has 0 spiro atoms. The number of ether oxygens (including phenoxy) is 1. The van der Waals surface area contributed by atoms with Crippen molar-refractivity contribution >= 4 is 12.1 Å². The van der Waals surface area contributed by atoms with Gasteiger partial charge in [-0.15, -0.1) is 0 Å². The average Bonchev–Trinajstić information content (AvgIpc) is 2.76. The van der Waals surface area contributed by atoms with Gasteiger partial charge in [-0.05, 0) is 38.5 Å². The van der Waals surface area contributed by atoms with E-state index in [-0.39, 0.29) is 11.3 Å². The van der Waals surface area contributed by atoms with Gasteiger partial charge < -0.3 is 15.2 Å². The number of hydrogen-bond donors (Lipinski definition) is 2. The van der Waals surface area contributed by atoms with Crippen LogP contribution in [0.15, 0.2) is 0 Å². The van der Waals surface area contributed by atoms with Crippen molar-refractivity contribution in [1.29, 1.82) is 0 Å². The lowest BCUT2D eigenvalue weighted by Crippen LogP contribution is -2.51. The van der Waals surface area contributed by atoms with Crippen molar-refractivity contribution in [3.05, 3.63) is 0 Å². The Bertz CT molecular complexity index is 409. The highest BCUT2D eigenvalue weighted by Gasteiger charge is 2.71. The lowest BCUT2D eigenvalue weighted by molar-refractivity contribution is -0.146. The highest BCUT2D eigenvalue weighted by atomic mass is 16.6. The number of rotatable bonds is 4. The SMILES string of the molecule is CC(C)C(NC(=O)OC(C)(C)C)C1(C(=O)O)CC1(C)C. The van der Waals surface area contributed by atoms with Gasteiger partial charge in [0.05, 0.1) is 11.5 Å². The summed E-state index contributed by atoms with van der Waals surface area (Å²) in [5.74, 6) is -0.836. The molecule has 0 aromatic carbocycles. The summed E-state index contributed by atoms with van der Waals surface area (Å²) >= 11 is 0. The van der Waals surface area contributed by atoms with Crippen LogP contribution in [0.4, 0.5) is 4.79 Å². The number of carbonyl (C=O) groups is 2. The zero-order valence-electron chi connectivity index (χ0n) is 13.5. The van der Waals surface area contributed by atoms with Crippen molar-refractivity contribution < 1.29 is 19.4 Å². The van der Waals surface area contributed by atoms with Crippen LogP contribution in [-0.2, 0) is 9.53 Å². The fraction of sp³-hybridized carbons (Fsp3) is 0.867. The summed E-state index contributed by atoms with van der Waals surface area (Å²) in [6, 6.07) is -0.440. The second-order valence-corrected chi connectivity index (χ2v) is 7.71. The number of carboxylic acid groups (broad SMARTS) is 1. The molecule has 0 heterocycles. The van der Waals surface area contributed by atoms with Gasteiger partial charge in [0, 0.05) is 0 Å². The molecule has 1 aliphatic carbocycles. The Hall–Kier alpha value is -1.26. The molecule has 0 saturated heterocycles. The predicted octanol–water partition coefficient (Wildman–Crippen LogP) is 3.04. The Kier molecular flexibility index (Phi) is 4.14. The van der Waals surface area contributed by atoms with Crippen LogP contribution < -0.4 is 5.32 Å². The molecule has 2 N–H and O–H groups in total. The van der Waals surface area contributed by atoms with Gasteiger partial charge in [0.2, 0.25) is 0 Å². The smallest absolute Gasteiger partial charge is 0.407 e. The molecule has 2 unspecified atom stereocenters. The minimum atomic E-state index is -0.905. The third-order valence-electron chi connectivity index (χ3n) is 4.05. The molecule has 1 aliphatic rings. The molecule has 5 heteroatoms. The first-order chi connectivity index (χ1) is 8.83. The average molecular weight is 285 g/mol. The van der Waals surface area contributed by atoms with Gasteiger partial charge in [-0.2, -0.15) is 0 Å². The summed E-state index contributed by atoms with van der Waals surface area (Å²) in [7, 11) is 0. The number of aliphatic carboxylic acids is 1. The summed E-state index contributed by atoms with van der Waals surface area (Å²) in [4.78, 5) is 23.7. The Morgan fingerprint density at radius 1 is 1.25 bits per heavy atom. The van der Waals surface area contributed by atoms with Crippen LogP contribution in [-0.4, -0.2) is 28.8 Å². The quantitative estimate of drug-likeness (QED) is 0.832. The van der Waals surface area contributed by atoms with Crippen molar-refractivity contribution in [1.82, 2.24) is 5.32 Å². The molecule has 1 amide bonds. The molecule has 1 fully saturated rings. The first-order valence-electron chi connectivity index (χ1n) is 7.06. The number of carboxylic acids is 1. The lowest BCUT2D eigenvalue weighted by Gasteiger charge is -2.32. The van der Waals surface area contributed by atoms with E-state index in [1.54, 1.807) is 20.8 Å². The van der Waals surface area contributed by atoms with Gasteiger partial charge in [0.1, 0.15) is 5.60 Å². The molecule has 0 aromatic heterocycles. The number of alkyl carbamates (subject to hydrolysis) is 1. The van der Waals surface area contributed by atoms with Gasteiger partial charge in [-0.3, -0.25) is 4.79 Å². The van der Waals surface area contributed by atoms with E-state index in [2.05, 4.69) is 5.32 Å². The van der Waals surface area contributed by atoms with E-state index >= 15 is 0 Å². The van der Waals surface area contributed by atoms with Gasteiger partial charge in [0.15, 0.2) is 0 Å². The molecule has 2 atom stereocenters. The summed E-state index contributed by atoms with van der Waals surface area (Å²) in [5, 5.41) is 12.4. The van der Waals surface area contributed by atoms with E-state index < -0.39 is 29.1 Å². The molecule has 0 radical (unpaired) electrons. The third kappa shape index (κ3) is 3.07. The van der Waals surface area contributed by atoms with Crippen molar-refractivity contribution in [3.63, 3.8) is 0 Å². The fourth-order valence-corrected chi connectivity index (χ4v) is 2.98. The van der Waals surface area contributed by atoms with Crippen LogP contribution in [0.5, 0.6) is 0 Å². The Morgan fingerprint density at radius 3 is 1.95 bits per heavy atom. The van der Waals surface area contributed by atoms with Crippen molar-refractivity contribution in [2.75, 3.05) is 0 Å². The molecule has 1 rings (SSSR count). The molecular formula is C15H27NO4. The highest BCUT2D eigenvalue weighted by Crippen LogP contribution is 2.66. The molecule has 0 bridgehead atoms. The molecule has 5 nitrogen and oxygen atoms in total. The van der Waals surface area contributed by atoms with Crippen LogP contribution in [0, 0.1) is 16.7 Å². The molecule has 116 valence electrons. The van der Waals surface area contributed by atoms with Crippen LogP contribution in [0.25, 0.3) is 0 Å². The van der Waals surface area contributed by atoms with Gasteiger partial charge in [0.25, 0.3) is 0 Å². The van der Waals surface area contributed by atoms with Crippen molar-refractivity contribution in [2.24, 2.45) is 16.7 Å². The van der Waals surface area contributed by atoms with Gasteiger partial charge >= 0.3 is 12.1 Å². The Morgan fingerprint density at radius 2 is 1.70 bits per heavy atom. The third-order valence-corrected chi connectivity index (χ3v) is 4.05. The molecular weight excluding hydrogens is 258 g/mol. The standard InChI is InChI=1S/C15H27NO4/c1-9(2)10(16-12(19)20-13(3,4)5)15(11(17)18)8-14(15,6)7/h9-10H,8H2,1-7H3,(H,16,19)(H,17,18). The predicted molar refractivity (Wildman–Crippen MR) is 76.5 cm³/mol. The molecule has 0 aromatic rings. The van der Waals surface area contributed by atoms with Crippen LogP contribution in [0.1, 0.15) is 54.9 Å². The summed E-state index contributed by atoms with van der Waals surface area (Å²) < 4.78 is 5.25. The van der Waals surface area contributed by atoms with Gasteiger partial charge in [-0.1, -0.05) is 27.7 Å².